The number of aliphatic imine (C=N–C) groups is 1. The van der Waals surface area contributed by atoms with Gasteiger partial charge in [-0.1, -0.05) is 30.0 Å². The molecule has 0 aliphatic carbocycles. The van der Waals surface area contributed by atoms with E-state index >= 15 is 0 Å². The van der Waals surface area contributed by atoms with Crippen molar-refractivity contribution in [1.29, 1.82) is 0 Å². The van der Waals surface area contributed by atoms with Crippen LogP contribution in [0.5, 0.6) is 0 Å². The third-order valence-corrected chi connectivity index (χ3v) is 3.14. The second kappa shape index (κ2) is 2.97. The lowest BCUT2D eigenvalue weighted by atomic mass is 10.2. The zero-order chi connectivity index (χ0) is 10.4. The van der Waals surface area contributed by atoms with E-state index < -0.39 is 0 Å². The minimum atomic E-state index is -0.143. The van der Waals surface area contributed by atoms with E-state index in [1.165, 1.54) is 11.8 Å². The average Bonchev–Trinajstić information content (AvgIpc) is 2.77. The van der Waals surface area contributed by atoms with Crippen LogP contribution in [-0.4, -0.2) is 21.9 Å². The topological polar surface area (TPSA) is 34.4 Å². The van der Waals surface area contributed by atoms with Crippen molar-refractivity contribution < 1.29 is 4.79 Å². The normalized spacial score (nSPS) is 14.5. The van der Waals surface area contributed by atoms with Crippen LogP contribution >= 0.6 is 11.8 Å². The van der Waals surface area contributed by atoms with Crippen LogP contribution < -0.4 is 0 Å². The second-order valence-electron chi connectivity index (χ2n) is 3.33. The molecule has 0 fully saturated rings. The highest BCUT2D eigenvalue weighted by Crippen LogP contribution is 2.26. The van der Waals surface area contributed by atoms with Gasteiger partial charge in [-0.05, 0) is 18.4 Å². The largest absolute Gasteiger partial charge is 0.296 e. The van der Waals surface area contributed by atoms with E-state index in [9.17, 15) is 4.79 Å². The molecule has 3 rings (SSSR count). The molecule has 74 valence electrons. The second-order valence-corrected chi connectivity index (χ2v) is 4.10. The maximum Gasteiger partial charge on any atom is 0.296 e. The van der Waals surface area contributed by atoms with Crippen molar-refractivity contribution >= 4 is 33.7 Å². The molecule has 15 heavy (non-hydrogen) atoms. The number of thioether (sulfide) groups is 1. The molecule has 0 bridgehead atoms. The summed E-state index contributed by atoms with van der Waals surface area (Å²) in [6, 6.07) is 9.84. The Kier molecular flexibility index (Phi) is 1.73. The van der Waals surface area contributed by atoms with E-state index in [1.54, 1.807) is 0 Å². The molecular weight excluding hydrogens is 208 g/mol. The summed E-state index contributed by atoms with van der Waals surface area (Å²) in [5.41, 5.74) is 1.71. The number of hydrogen-bond acceptors (Lipinski definition) is 2. The molecule has 0 saturated carbocycles. The zero-order valence-electron chi connectivity index (χ0n) is 8.10. The summed E-state index contributed by atoms with van der Waals surface area (Å²) in [6.07, 6.45) is 1.93. The number of carbonyl (C=O) groups is 1. The van der Waals surface area contributed by atoms with Crippen LogP contribution in [0.3, 0.4) is 0 Å². The van der Waals surface area contributed by atoms with Gasteiger partial charge >= 0.3 is 0 Å². The highest BCUT2D eigenvalue weighted by molar-refractivity contribution is 8.13. The summed E-state index contributed by atoms with van der Waals surface area (Å²) in [4.78, 5) is 15.6. The lowest BCUT2D eigenvalue weighted by molar-refractivity contribution is 0.100. The fraction of sp³-hybridized carbons (Fsp3) is 0.0909. The molecule has 2 aromatic rings. The zero-order valence-corrected chi connectivity index (χ0v) is 8.91. The molecule has 1 aliphatic heterocycles. The van der Waals surface area contributed by atoms with Gasteiger partial charge in [-0.25, -0.2) is 0 Å². The Morgan fingerprint density at radius 2 is 2.13 bits per heavy atom. The Bertz CT molecular complexity index is 598. The number of nitrogens with zero attached hydrogens (tertiary/aromatic N) is 2. The number of hydrogen-bond donors (Lipinski definition) is 0. The summed E-state index contributed by atoms with van der Waals surface area (Å²) in [6.45, 7) is 0. The van der Waals surface area contributed by atoms with Crippen molar-refractivity contribution in [2.75, 3.05) is 6.26 Å². The molecule has 0 spiro atoms. The Balaban J connectivity index is 2.41. The number of benzene rings is 1. The number of amides is 1. The van der Waals surface area contributed by atoms with E-state index in [4.69, 9.17) is 0 Å². The van der Waals surface area contributed by atoms with Crippen LogP contribution in [0.4, 0.5) is 0 Å². The molecule has 0 unspecified atom stereocenters. The Hall–Kier alpha value is -1.55. The summed E-state index contributed by atoms with van der Waals surface area (Å²) in [7, 11) is 0. The summed E-state index contributed by atoms with van der Waals surface area (Å²) in [5, 5.41) is 1.85. The number of carbonyl (C=O) groups excluding carboxylic acids is 1. The van der Waals surface area contributed by atoms with Gasteiger partial charge in [-0.3, -0.25) is 9.36 Å². The number of rotatable bonds is 0. The van der Waals surface area contributed by atoms with Crippen molar-refractivity contribution in [1.82, 2.24) is 4.57 Å². The minimum absolute atomic E-state index is 0.143. The molecule has 1 amide bonds. The first-order valence-corrected chi connectivity index (χ1v) is 5.81. The van der Waals surface area contributed by atoms with Gasteiger partial charge in [0, 0.05) is 5.39 Å². The first-order valence-electron chi connectivity index (χ1n) is 4.59. The van der Waals surface area contributed by atoms with Crippen LogP contribution in [-0.2, 0) is 0 Å². The van der Waals surface area contributed by atoms with Gasteiger partial charge in [-0.15, -0.1) is 0 Å². The summed E-state index contributed by atoms with van der Waals surface area (Å²) < 4.78 is 1.92. The minimum Gasteiger partial charge on any atom is -0.283 e. The third kappa shape index (κ3) is 1.08. The quantitative estimate of drug-likeness (QED) is 0.677. The van der Waals surface area contributed by atoms with Crippen LogP contribution in [0, 0.1) is 0 Å². The van der Waals surface area contributed by atoms with Gasteiger partial charge in [0.15, 0.2) is 5.17 Å². The SMILES string of the molecule is CSC1=NC(=O)c2cc3ccccc3n21. The molecule has 0 saturated heterocycles. The Labute approximate surface area is 90.8 Å². The maximum absolute atomic E-state index is 11.6. The van der Waals surface area contributed by atoms with Crippen molar-refractivity contribution in [3.05, 3.63) is 36.0 Å². The van der Waals surface area contributed by atoms with Gasteiger partial charge in [0.1, 0.15) is 5.69 Å². The van der Waals surface area contributed by atoms with Crippen LogP contribution in [0.1, 0.15) is 10.5 Å². The highest BCUT2D eigenvalue weighted by Gasteiger charge is 2.24. The number of fused-ring (bicyclic) bond motifs is 3. The van der Waals surface area contributed by atoms with Gasteiger partial charge in [-0.2, -0.15) is 4.99 Å². The highest BCUT2D eigenvalue weighted by atomic mass is 32.2. The third-order valence-electron chi connectivity index (χ3n) is 2.50. The lowest BCUT2D eigenvalue weighted by Gasteiger charge is -2.01. The van der Waals surface area contributed by atoms with Crippen molar-refractivity contribution in [3.8, 4) is 0 Å². The monoisotopic (exact) mass is 216 g/mol. The standard InChI is InChI=1S/C11H8N2OS/c1-15-11-12-10(14)9-6-7-4-2-3-5-8(7)13(9)11/h2-6H,1H3. The summed E-state index contributed by atoms with van der Waals surface area (Å²) >= 11 is 1.49. The number of para-hydroxylation sites is 1. The summed E-state index contributed by atoms with van der Waals surface area (Å²) in [5.74, 6) is -0.143. The molecule has 0 atom stereocenters. The molecule has 0 N–H and O–H groups in total. The molecule has 1 aromatic carbocycles. The van der Waals surface area contributed by atoms with Gasteiger partial charge in [0.05, 0.1) is 5.52 Å². The molecule has 1 aliphatic rings. The molecule has 0 radical (unpaired) electrons. The molecule has 4 heteroatoms. The molecule has 2 heterocycles. The van der Waals surface area contributed by atoms with Gasteiger partial charge < -0.3 is 0 Å². The van der Waals surface area contributed by atoms with E-state index in [-0.39, 0.29) is 5.91 Å². The predicted octanol–water partition coefficient (Wildman–Crippen LogP) is 2.36. The van der Waals surface area contributed by atoms with E-state index in [1.807, 2.05) is 41.2 Å². The predicted molar refractivity (Wildman–Crippen MR) is 62.6 cm³/mol. The van der Waals surface area contributed by atoms with E-state index in [0.717, 1.165) is 16.1 Å². The molecule has 1 aromatic heterocycles. The first-order chi connectivity index (χ1) is 7.31. The molecule has 3 nitrogen and oxygen atoms in total. The average molecular weight is 216 g/mol. The molecular formula is C11H8N2OS. The van der Waals surface area contributed by atoms with Crippen molar-refractivity contribution in [2.45, 2.75) is 0 Å². The fourth-order valence-corrected chi connectivity index (χ4v) is 2.40. The van der Waals surface area contributed by atoms with Gasteiger partial charge in [0.25, 0.3) is 5.91 Å². The van der Waals surface area contributed by atoms with Crippen LogP contribution in [0.25, 0.3) is 10.9 Å². The lowest BCUT2D eigenvalue weighted by Crippen LogP contribution is -2.03. The number of aromatic nitrogens is 1. The fourth-order valence-electron chi connectivity index (χ4n) is 1.85. The van der Waals surface area contributed by atoms with Crippen LogP contribution in [0.2, 0.25) is 0 Å². The van der Waals surface area contributed by atoms with E-state index in [2.05, 4.69) is 4.99 Å². The van der Waals surface area contributed by atoms with Crippen molar-refractivity contribution in [2.24, 2.45) is 4.99 Å². The maximum atomic E-state index is 11.6. The Morgan fingerprint density at radius 1 is 1.33 bits per heavy atom. The van der Waals surface area contributed by atoms with Gasteiger partial charge in [0.2, 0.25) is 0 Å². The van der Waals surface area contributed by atoms with Crippen molar-refractivity contribution in [3.63, 3.8) is 0 Å². The van der Waals surface area contributed by atoms with E-state index in [0.29, 0.717) is 5.69 Å². The first kappa shape index (κ1) is 8.73. The van der Waals surface area contributed by atoms with Crippen LogP contribution in [0.15, 0.2) is 35.3 Å². The Morgan fingerprint density at radius 3 is 2.93 bits per heavy atom. The smallest absolute Gasteiger partial charge is 0.283 e.